The largest absolute Gasteiger partial charge is 0.330 e. The van der Waals surface area contributed by atoms with Crippen molar-refractivity contribution in [3.05, 3.63) is 47.9 Å². The molecule has 0 aliphatic carbocycles. The second kappa shape index (κ2) is 4.40. The minimum Gasteiger partial charge on any atom is -0.330 e. The molecule has 0 saturated carbocycles. The van der Waals surface area contributed by atoms with Gasteiger partial charge < -0.3 is 5.73 Å². The van der Waals surface area contributed by atoms with Crippen LogP contribution < -0.4 is 5.73 Å². The molecule has 1 unspecified atom stereocenters. The molecule has 1 aromatic carbocycles. The number of hydrogen-bond acceptors (Lipinski definition) is 2. The van der Waals surface area contributed by atoms with Crippen molar-refractivity contribution in [3.63, 3.8) is 0 Å². The van der Waals surface area contributed by atoms with Crippen LogP contribution in [0.5, 0.6) is 0 Å². The van der Waals surface area contributed by atoms with Crippen LogP contribution in [0.3, 0.4) is 0 Å². The lowest BCUT2D eigenvalue weighted by Gasteiger charge is -2.23. The average Bonchev–Trinajstić information content (AvgIpc) is 2.73. The van der Waals surface area contributed by atoms with Crippen molar-refractivity contribution < 1.29 is 0 Å². The van der Waals surface area contributed by atoms with Crippen LogP contribution in [-0.2, 0) is 6.42 Å². The summed E-state index contributed by atoms with van der Waals surface area (Å²) in [5.74, 6) is 0. The van der Waals surface area contributed by atoms with E-state index < -0.39 is 0 Å². The Bertz CT molecular complexity index is 500. The molecule has 2 rings (SSSR count). The first-order chi connectivity index (χ1) is 7.68. The van der Waals surface area contributed by atoms with E-state index in [1.165, 1.54) is 15.6 Å². The second-order valence-corrected chi connectivity index (χ2v) is 5.41. The van der Waals surface area contributed by atoms with Crippen molar-refractivity contribution in [2.75, 3.05) is 6.54 Å². The van der Waals surface area contributed by atoms with Crippen LogP contribution in [0.15, 0.2) is 42.3 Å². The molecule has 16 heavy (non-hydrogen) atoms. The third kappa shape index (κ3) is 2.04. The maximum absolute atomic E-state index is 5.81. The normalized spacial score (nSPS) is 14.9. The lowest BCUT2D eigenvalue weighted by Crippen LogP contribution is -2.26. The van der Waals surface area contributed by atoms with E-state index in [1.54, 1.807) is 11.3 Å². The number of benzene rings is 1. The van der Waals surface area contributed by atoms with Crippen molar-refractivity contribution >= 4 is 21.4 Å². The van der Waals surface area contributed by atoms with Gasteiger partial charge in [0, 0.05) is 16.7 Å². The van der Waals surface area contributed by atoms with E-state index in [9.17, 15) is 0 Å². The smallest absolute Gasteiger partial charge is 0.0345 e. The molecule has 0 bridgehead atoms. The molecule has 84 valence electrons. The third-order valence-corrected chi connectivity index (χ3v) is 4.13. The first kappa shape index (κ1) is 11.4. The summed E-state index contributed by atoms with van der Waals surface area (Å²) >= 11 is 1.80. The Labute approximate surface area is 101 Å². The van der Waals surface area contributed by atoms with E-state index in [1.807, 2.05) is 6.08 Å². The minimum atomic E-state index is 0.00381. The number of fused-ring (bicyclic) bond motifs is 1. The number of nitrogens with two attached hydrogens (primary N) is 1. The zero-order chi connectivity index (χ0) is 11.6. The second-order valence-electron chi connectivity index (χ2n) is 4.50. The van der Waals surface area contributed by atoms with Crippen molar-refractivity contribution in [1.82, 2.24) is 0 Å². The Hall–Kier alpha value is -1.12. The van der Waals surface area contributed by atoms with Gasteiger partial charge in [0.05, 0.1) is 0 Å². The van der Waals surface area contributed by atoms with Gasteiger partial charge in [0.15, 0.2) is 0 Å². The molecule has 0 radical (unpaired) electrons. The topological polar surface area (TPSA) is 26.0 Å². The highest BCUT2D eigenvalue weighted by Gasteiger charge is 2.20. The lowest BCUT2D eigenvalue weighted by molar-refractivity contribution is 0.441. The zero-order valence-corrected chi connectivity index (χ0v) is 10.4. The predicted octanol–water partition coefficient (Wildman–Crippen LogP) is 3.59. The highest BCUT2D eigenvalue weighted by molar-refractivity contribution is 7.17. The van der Waals surface area contributed by atoms with E-state index in [2.05, 4.69) is 43.1 Å². The summed E-state index contributed by atoms with van der Waals surface area (Å²) in [5, 5.41) is 3.59. The van der Waals surface area contributed by atoms with Gasteiger partial charge in [0.25, 0.3) is 0 Å². The van der Waals surface area contributed by atoms with Crippen LogP contribution >= 0.6 is 11.3 Å². The lowest BCUT2D eigenvalue weighted by atomic mass is 9.84. The van der Waals surface area contributed by atoms with Crippen LogP contribution in [0.2, 0.25) is 0 Å². The molecule has 1 nitrogen and oxygen atoms in total. The standard InChI is InChI=1S/C14H17NS/c1-3-14(2,10-15)8-11-9-16-13-7-5-4-6-12(11)13/h3-7,9H,1,8,10,15H2,2H3. The molecule has 0 aliphatic heterocycles. The van der Waals surface area contributed by atoms with Crippen LogP contribution in [0.1, 0.15) is 12.5 Å². The minimum absolute atomic E-state index is 0.00381. The molecule has 0 saturated heterocycles. The quantitative estimate of drug-likeness (QED) is 0.799. The van der Waals surface area contributed by atoms with Gasteiger partial charge >= 0.3 is 0 Å². The highest BCUT2D eigenvalue weighted by Crippen LogP contribution is 2.31. The van der Waals surface area contributed by atoms with Gasteiger partial charge in [0.2, 0.25) is 0 Å². The maximum Gasteiger partial charge on any atom is 0.0345 e. The Balaban J connectivity index is 2.38. The molecule has 1 aromatic heterocycles. The fourth-order valence-corrected chi connectivity index (χ4v) is 2.80. The van der Waals surface area contributed by atoms with Gasteiger partial charge in [0.1, 0.15) is 0 Å². The zero-order valence-electron chi connectivity index (χ0n) is 9.57. The van der Waals surface area contributed by atoms with Crippen LogP contribution in [0, 0.1) is 5.41 Å². The summed E-state index contributed by atoms with van der Waals surface area (Å²) in [4.78, 5) is 0. The van der Waals surface area contributed by atoms with E-state index in [-0.39, 0.29) is 5.41 Å². The monoisotopic (exact) mass is 231 g/mol. The number of thiophene rings is 1. The van der Waals surface area contributed by atoms with E-state index in [0.29, 0.717) is 6.54 Å². The molecular weight excluding hydrogens is 214 g/mol. The molecular formula is C14H17NS. The van der Waals surface area contributed by atoms with Gasteiger partial charge in [-0.1, -0.05) is 31.2 Å². The number of rotatable bonds is 4. The molecule has 1 atom stereocenters. The Kier molecular flexibility index (Phi) is 3.13. The predicted molar refractivity (Wildman–Crippen MR) is 72.9 cm³/mol. The fraction of sp³-hybridized carbons (Fsp3) is 0.286. The summed E-state index contributed by atoms with van der Waals surface area (Å²) in [6, 6.07) is 8.52. The molecule has 1 heterocycles. The first-order valence-electron chi connectivity index (χ1n) is 5.47. The third-order valence-electron chi connectivity index (χ3n) is 3.11. The van der Waals surface area contributed by atoms with Crippen molar-refractivity contribution in [2.24, 2.45) is 11.1 Å². The first-order valence-corrected chi connectivity index (χ1v) is 6.35. The molecule has 2 aromatic rings. The maximum atomic E-state index is 5.81. The molecule has 0 amide bonds. The highest BCUT2D eigenvalue weighted by atomic mass is 32.1. The summed E-state index contributed by atoms with van der Waals surface area (Å²) < 4.78 is 1.35. The summed E-state index contributed by atoms with van der Waals surface area (Å²) in [7, 11) is 0. The van der Waals surface area contributed by atoms with E-state index in [4.69, 9.17) is 5.73 Å². The summed E-state index contributed by atoms with van der Waals surface area (Å²) in [5.41, 5.74) is 7.20. The van der Waals surface area contributed by atoms with Crippen molar-refractivity contribution in [1.29, 1.82) is 0 Å². The van der Waals surface area contributed by atoms with Gasteiger partial charge in [-0.2, -0.15) is 0 Å². The van der Waals surface area contributed by atoms with E-state index in [0.717, 1.165) is 6.42 Å². The SMILES string of the molecule is C=CC(C)(CN)Cc1csc2ccccc12. The molecule has 2 heteroatoms. The average molecular weight is 231 g/mol. The molecule has 2 N–H and O–H groups in total. The Morgan fingerprint density at radius 2 is 2.19 bits per heavy atom. The van der Waals surface area contributed by atoms with Crippen LogP contribution in [0.25, 0.3) is 10.1 Å². The fourth-order valence-electron chi connectivity index (χ4n) is 1.83. The Morgan fingerprint density at radius 1 is 1.44 bits per heavy atom. The van der Waals surface area contributed by atoms with Crippen LogP contribution in [-0.4, -0.2) is 6.54 Å². The van der Waals surface area contributed by atoms with Gasteiger partial charge in [-0.25, -0.2) is 0 Å². The van der Waals surface area contributed by atoms with Gasteiger partial charge in [-0.15, -0.1) is 17.9 Å². The summed E-state index contributed by atoms with van der Waals surface area (Å²) in [6.45, 7) is 6.69. The van der Waals surface area contributed by atoms with Crippen molar-refractivity contribution in [3.8, 4) is 0 Å². The molecule has 0 aliphatic rings. The van der Waals surface area contributed by atoms with E-state index >= 15 is 0 Å². The molecule has 0 fully saturated rings. The summed E-state index contributed by atoms with van der Waals surface area (Å²) in [6.07, 6.45) is 2.94. The van der Waals surface area contributed by atoms with Gasteiger partial charge in [-0.05, 0) is 28.8 Å². The molecule has 0 spiro atoms. The van der Waals surface area contributed by atoms with Crippen LogP contribution in [0.4, 0.5) is 0 Å². The van der Waals surface area contributed by atoms with Gasteiger partial charge in [-0.3, -0.25) is 0 Å². The number of hydrogen-bond donors (Lipinski definition) is 1. The Morgan fingerprint density at radius 3 is 2.88 bits per heavy atom. The van der Waals surface area contributed by atoms with Crippen molar-refractivity contribution in [2.45, 2.75) is 13.3 Å².